The average Bonchev–Trinajstić information content (AvgIpc) is 2.18. The fraction of sp³-hybridized carbons (Fsp3) is 0.500. The number of amides is 2. The fourth-order valence-corrected chi connectivity index (χ4v) is 1.73. The van der Waals surface area contributed by atoms with Crippen LogP contribution < -0.4 is 11.1 Å². The Kier molecular flexibility index (Phi) is 4.16. The van der Waals surface area contributed by atoms with Gasteiger partial charge in [-0.1, -0.05) is 39.0 Å². The van der Waals surface area contributed by atoms with E-state index in [9.17, 15) is 4.79 Å². The zero-order valence-electron chi connectivity index (χ0n) is 11.1. The van der Waals surface area contributed by atoms with E-state index >= 15 is 0 Å². The van der Waals surface area contributed by atoms with Crippen molar-refractivity contribution in [3.8, 4) is 0 Å². The van der Waals surface area contributed by atoms with Crippen molar-refractivity contribution in [3.05, 3.63) is 34.9 Å². The molecule has 0 saturated carbocycles. The highest BCUT2D eigenvalue weighted by Crippen LogP contribution is 2.24. The van der Waals surface area contributed by atoms with Gasteiger partial charge in [-0.2, -0.15) is 0 Å². The topological polar surface area (TPSA) is 55.1 Å². The summed E-state index contributed by atoms with van der Waals surface area (Å²) >= 11 is 0. The van der Waals surface area contributed by atoms with E-state index < -0.39 is 6.03 Å². The number of aryl methyl sites for hydroxylation is 1. The van der Waals surface area contributed by atoms with Crippen molar-refractivity contribution >= 4 is 6.03 Å². The van der Waals surface area contributed by atoms with Crippen molar-refractivity contribution < 1.29 is 4.79 Å². The zero-order chi connectivity index (χ0) is 13.1. The van der Waals surface area contributed by atoms with E-state index in [2.05, 4.69) is 51.2 Å². The van der Waals surface area contributed by atoms with Gasteiger partial charge in [0, 0.05) is 6.54 Å². The lowest BCUT2D eigenvalue weighted by atomic mass is 9.85. The van der Waals surface area contributed by atoms with Crippen molar-refractivity contribution in [1.29, 1.82) is 0 Å². The second-order valence-electron chi connectivity index (χ2n) is 5.43. The molecule has 0 unspecified atom stereocenters. The van der Waals surface area contributed by atoms with Gasteiger partial charge in [-0.25, -0.2) is 4.79 Å². The fourth-order valence-electron chi connectivity index (χ4n) is 1.73. The van der Waals surface area contributed by atoms with Gasteiger partial charge in [0.05, 0.1) is 0 Å². The van der Waals surface area contributed by atoms with Gasteiger partial charge >= 0.3 is 6.03 Å². The molecule has 0 heterocycles. The van der Waals surface area contributed by atoms with Crippen molar-refractivity contribution in [2.24, 2.45) is 5.73 Å². The molecule has 0 aromatic heterocycles. The molecule has 3 heteroatoms. The Morgan fingerprint density at radius 3 is 2.53 bits per heavy atom. The molecule has 1 aromatic carbocycles. The molecule has 0 atom stereocenters. The van der Waals surface area contributed by atoms with E-state index in [4.69, 9.17) is 5.73 Å². The van der Waals surface area contributed by atoms with E-state index in [-0.39, 0.29) is 5.41 Å². The molecule has 0 fully saturated rings. The minimum absolute atomic E-state index is 0.152. The first kappa shape index (κ1) is 13.6. The van der Waals surface area contributed by atoms with Crippen LogP contribution in [-0.2, 0) is 11.8 Å². The summed E-state index contributed by atoms with van der Waals surface area (Å²) in [5.41, 5.74) is 9.04. The van der Waals surface area contributed by atoms with Crippen molar-refractivity contribution in [3.63, 3.8) is 0 Å². The summed E-state index contributed by atoms with van der Waals surface area (Å²) < 4.78 is 0. The third kappa shape index (κ3) is 4.10. The molecule has 0 saturated heterocycles. The van der Waals surface area contributed by atoms with Gasteiger partial charge in [0.2, 0.25) is 0 Å². The number of hydrogen-bond acceptors (Lipinski definition) is 1. The smallest absolute Gasteiger partial charge is 0.312 e. The minimum atomic E-state index is -0.463. The number of primary amides is 1. The molecule has 94 valence electrons. The summed E-state index contributed by atoms with van der Waals surface area (Å²) in [5.74, 6) is 0. The molecule has 0 spiro atoms. The normalized spacial score (nSPS) is 11.3. The third-order valence-electron chi connectivity index (χ3n) is 2.91. The second kappa shape index (κ2) is 5.21. The van der Waals surface area contributed by atoms with E-state index in [0.29, 0.717) is 6.54 Å². The number of carbonyl (C=O) groups is 1. The van der Waals surface area contributed by atoms with E-state index in [1.54, 1.807) is 0 Å². The molecule has 0 aliphatic rings. The highest BCUT2D eigenvalue weighted by Gasteiger charge is 2.14. The number of urea groups is 1. The van der Waals surface area contributed by atoms with Crippen molar-refractivity contribution in [1.82, 2.24) is 5.32 Å². The molecule has 0 bridgehead atoms. The predicted octanol–water partition coefficient (Wildman–Crippen LogP) is 2.50. The van der Waals surface area contributed by atoms with Gasteiger partial charge in [0.15, 0.2) is 0 Å². The third-order valence-corrected chi connectivity index (χ3v) is 2.91. The Balaban J connectivity index is 2.80. The Hall–Kier alpha value is -1.51. The molecule has 17 heavy (non-hydrogen) atoms. The largest absolute Gasteiger partial charge is 0.352 e. The summed E-state index contributed by atoms with van der Waals surface area (Å²) in [5, 5.41) is 2.62. The first-order valence-electron chi connectivity index (χ1n) is 5.94. The molecular formula is C14H22N2O. The zero-order valence-corrected chi connectivity index (χ0v) is 11.1. The summed E-state index contributed by atoms with van der Waals surface area (Å²) in [6.45, 7) is 9.27. The average molecular weight is 234 g/mol. The molecule has 1 rings (SSSR count). The second-order valence-corrected chi connectivity index (χ2v) is 5.43. The first-order chi connectivity index (χ1) is 7.80. The predicted molar refractivity (Wildman–Crippen MR) is 71.2 cm³/mol. The van der Waals surface area contributed by atoms with Crippen LogP contribution in [0.2, 0.25) is 0 Å². The van der Waals surface area contributed by atoms with Crippen LogP contribution in [-0.4, -0.2) is 12.6 Å². The number of rotatable bonds is 3. The number of hydrogen-bond donors (Lipinski definition) is 2. The molecule has 3 N–H and O–H groups in total. The van der Waals surface area contributed by atoms with E-state index in [0.717, 1.165) is 6.42 Å². The van der Waals surface area contributed by atoms with Gasteiger partial charge < -0.3 is 11.1 Å². The summed E-state index contributed by atoms with van der Waals surface area (Å²) in [7, 11) is 0. The molecule has 2 amide bonds. The monoisotopic (exact) mass is 234 g/mol. The molecule has 3 nitrogen and oxygen atoms in total. The quantitative estimate of drug-likeness (QED) is 0.829. The molecule has 0 radical (unpaired) electrons. The minimum Gasteiger partial charge on any atom is -0.352 e. The number of nitrogens with one attached hydrogen (secondary N) is 1. The number of nitrogens with two attached hydrogens (primary N) is 1. The number of benzene rings is 1. The Morgan fingerprint density at radius 1 is 1.35 bits per heavy atom. The maximum atomic E-state index is 10.6. The van der Waals surface area contributed by atoms with Gasteiger partial charge in [-0.15, -0.1) is 0 Å². The lowest BCUT2D eigenvalue weighted by Gasteiger charge is -2.21. The van der Waals surface area contributed by atoms with Crippen LogP contribution in [0, 0.1) is 6.92 Å². The van der Waals surface area contributed by atoms with Crippen LogP contribution in [0.25, 0.3) is 0 Å². The highest BCUT2D eigenvalue weighted by atomic mass is 16.2. The van der Waals surface area contributed by atoms with Crippen LogP contribution >= 0.6 is 0 Å². The van der Waals surface area contributed by atoms with Crippen LogP contribution in [0.4, 0.5) is 4.79 Å². The van der Waals surface area contributed by atoms with Gasteiger partial charge in [0.25, 0.3) is 0 Å². The number of carbonyl (C=O) groups excluding carboxylic acids is 1. The van der Waals surface area contributed by atoms with Crippen LogP contribution in [0.3, 0.4) is 0 Å². The van der Waals surface area contributed by atoms with Crippen LogP contribution in [0.15, 0.2) is 18.2 Å². The summed E-state index contributed by atoms with van der Waals surface area (Å²) in [6.07, 6.45) is 0.818. The van der Waals surface area contributed by atoms with E-state index in [1.807, 2.05) is 0 Å². The summed E-state index contributed by atoms with van der Waals surface area (Å²) in [6, 6.07) is 6.06. The maximum absolute atomic E-state index is 10.6. The molecule has 0 aliphatic carbocycles. The Morgan fingerprint density at radius 2 is 2.00 bits per heavy atom. The highest BCUT2D eigenvalue weighted by molar-refractivity contribution is 5.71. The van der Waals surface area contributed by atoms with Gasteiger partial charge in [-0.05, 0) is 35.4 Å². The maximum Gasteiger partial charge on any atom is 0.312 e. The SMILES string of the molecule is Cc1ccc(C(C)(C)C)cc1CCNC(N)=O. The lowest BCUT2D eigenvalue weighted by molar-refractivity contribution is 0.249. The summed E-state index contributed by atoms with van der Waals surface area (Å²) in [4.78, 5) is 10.6. The van der Waals surface area contributed by atoms with Crippen LogP contribution in [0.1, 0.15) is 37.5 Å². The van der Waals surface area contributed by atoms with Crippen LogP contribution in [0.5, 0.6) is 0 Å². The van der Waals surface area contributed by atoms with Crippen molar-refractivity contribution in [2.75, 3.05) is 6.54 Å². The molecular weight excluding hydrogens is 212 g/mol. The van der Waals surface area contributed by atoms with Gasteiger partial charge in [-0.3, -0.25) is 0 Å². The molecule has 0 aliphatic heterocycles. The molecule has 1 aromatic rings. The Labute approximate surface area is 103 Å². The van der Waals surface area contributed by atoms with E-state index in [1.165, 1.54) is 16.7 Å². The van der Waals surface area contributed by atoms with Gasteiger partial charge in [0.1, 0.15) is 0 Å². The first-order valence-corrected chi connectivity index (χ1v) is 5.94. The lowest BCUT2D eigenvalue weighted by Crippen LogP contribution is -2.31. The standard InChI is InChI=1S/C14H22N2O/c1-10-5-6-12(14(2,3)4)9-11(10)7-8-16-13(15)17/h5-6,9H,7-8H2,1-4H3,(H3,15,16,17). The van der Waals surface area contributed by atoms with Crippen molar-refractivity contribution in [2.45, 2.75) is 39.5 Å². The Bertz CT molecular complexity index is 405.